The fourth-order valence-corrected chi connectivity index (χ4v) is 2.82. The maximum absolute atomic E-state index is 11.8. The molecule has 4 nitrogen and oxygen atoms in total. The Morgan fingerprint density at radius 3 is 2.14 bits per heavy atom. The summed E-state index contributed by atoms with van der Waals surface area (Å²) < 4.78 is 22.0. The van der Waals surface area contributed by atoms with Gasteiger partial charge in [-0.15, -0.1) is 0 Å². The number of aldehydes is 1. The molecule has 0 aliphatic heterocycles. The topological polar surface area (TPSA) is 52.6 Å². The third kappa shape index (κ3) is 6.30. The quantitative estimate of drug-likeness (QED) is 0.342. The summed E-state index contributed by atoms with van der Waals surface area (Å²) in [7, 11) is -2.88. The van der Waals surface area contributed by atoms with E-state index in [0.717, 1.165) is 12.7 Å². The van der Waals surface area contributed by atoms with Crippen LogP contribution in [-0.2, 0) is 18.4 Å². The minimum atomic E-state index is -2.88. The smallest absolute Gasteiger partial charge is 0.309 e. The third-order valence-electron chi connectivity index (χ3n) is 1.66. The number of rotatable bonds is 9. The second-order valence-corrected chi connectivity index (χ2v) is 5.02. The Hall–Kier alpha value is -0.180. The molecule has 14 heavy (non-hydrogen) atoms. The third-order valence-corrected chi connectivity index (χ3v) is 3.82. The normalized spacial score (nSPS) is 11.6. The standard InChI is InChI=1S/C9H19O4P/c1-3-12-14(11,13-4-2)9-7-5-6-8-10/h8H,3-7,9H2,1-2H3. The molecule has 0 aliphatic carbocycles. The van der Waals surface area contributed by atoms with E-state index in [0.29, 0.717) is 32.2 Å². The molecule has 0 atom stereocenters. The Morgan fingerprint density at radius 1 is 1.14 bits per heavy atom. The Balaban J connectivity index is 3.83. The molecule has 0 aliphatic rings. The molecule has 0 spiro atoms. The second kappa shape index (κ2) is 8.16. The number of hydrogen-bond acceptors (Lipinski definition) is 4. The van der Waals surface area contributed by atoms with Gasteiger partial charge >= 0.3 is 7.60 Å². The van der Waals surface area contributed by atoms with Gasteiger partial charge in [0.2, 0.25) is 0 Å². The van der Waals surface area contributed by atoms with Gasteiger partial charge in [0.15, 0.2) is 0 Å². The van der Waals surface area contributed by atoms with Crippen LogP contribution in [0.15, 0.2) is 0 Å². The molecule has 0 radical (unpaired) electrons. The van der Waals surface area contributed by atoms with Crippen molar-refractivity contribution in [3.05, 3.63) is 0 Å². The molecule has 0 saturated heterocycles. The lowest BCUT2D eigenvalue weighted by Gasteiger charge is -2.16. The first-order chi connectivity index (χ1) is 6.68. The molecule has 0 rings (SSSR count). The highest BCUT2D eigenvalue weighted by atomic mass is 31.2. The summed E-state index contributed by atoms with van der Waals surface area (Å²) in [5, 5.41) is 0. The van der Waals surface area contributed by atoms with Gasteiger partial charge in [-0.3, -0.25) is 4.57 Å². The monoisotopic (exact) mass is 222 g/mol. The van der Waals surface area contributed by atoms with E-state index in [1.807, 2.05) is 0 Å². The Labute approximate surface area is 85.5 Å². The Morgan fingerprint density at radius 2 is 1.71 bits per heavy atom. The van der Waals surface area contributed by atoms with E-state index in [1.54, 1.807) is 13.8 Å². The zero-order valence-electron chi connectivity index (χ0n) is 8.90. The molecule has 0 N–H and O–H groups in total. The Bertz CT molecular complexity index is 183. The van der Waals surface area contributed by atoms with E-state index < -0.39 is 7.60 Å². The van der Waals surface area contributed by atoms with Gasteiger partial charge in [-0.1, -0.05) is 0 Å². The predicted molar refractivity (Wildman–Crippen MR) is 55.6 cm³/mol. The first-order valence-corrected chi connectivity index (χ1v) is 6.73. The molecule has 0 amide bonds. The number of unbranched alkanes of at least 4 members (excludes halogenated alkanes) is 2. The lowest BCUT2D eigenvalue weighted by atomic mass is 10.3. The van der Waals surface area contributed by atoms with Crippen LogP contribution in [0, 0.1) is 0 Å². The molecule has 0 aromatic rings. The number of hydrogen-bond donors (Lipinski definition) is 0. The maximum Gasteiger partial charge on any atom is 0.330 e. The Kier molecular flexibility index (Phi) is 8.05. The lowest BCUT2D eigenvalue weighted by molar-refractivity contribution is -0.107. The van der Waals surface area contributed by atoms with Crippen LogP contribution < -0.4 is 0 Å². The van der Waals surface area contributed by atoms with Gasteiger partial charge in [-0.25, -0.2) is 0 Å². The maximum atomic E-state index is 11.8. The minimum absolute atomic E-state index is 0.394. The SMILES string of the molecule is CCOP(=O)(CCCCC=O)OCC. The fourth-order valence-electron chi connectivity index (χ4n) is 1.09. The minimum Gasteiger partial charge on any atom is -0.309 e. The van der Waals surface area contributed by atoms with Crippen molar-refractivity contribution in [2.24, 2.45) is 0 Å². The van der Waals surface area contributed by atoms with Crippen LogP contribution in [0.2, 0.25) is 0 Å². The van der Waals surface area contributed by atoms with E-state index in [9.17, 15) is 9.36 Å². The number of carbonyl (C=O) groups is 1. The summed E-state index contributed by atoms with van der Waals surface area (Å²) in [6, 6.07) is 0. The highest BCUT2D eigenvalue weighted by molar-refractivity contribution is 7.53. The fraction of sp³-hybridized carbons (Fsp3) is 0.889. The van der Waals surface area contributed by atoms with Crippen LogP contribution in [0.4, 0.5) is 0 Å². The van der Waals surface area contributed by atoms with E-state index in [1.165, 1.54) is 0 Å². The summed E-state index contributed by atoms with van der Waals surface area (Å²) in [5.74, 6) is 0. The molecular weight excluding hydrogens is 203 g/mol. The van der Waals surface area contributed by atoms with Gasteiger partial charge in [0.05, 0.1) is 19.4 Å². The molecule has 0 fully saturated rings. The molecular formula is C9H19O4P. The number of carbonyl (C=O) groups excluding carboxylic acids is 1. The molecule has 0 saturated carbocycles. The van der Waals surface area contributed by atoms with Crippen LogP contribution in [0.1, 0.15) is 33.1 Å². The summed E-state index contributed by atoms with van der Waals surface area (Å²) >= 11 is 0. The van der Waals surface area contributed by atoms with Crippen molar-refractivity contribution in [2.45, 2.75) is 33.1 Å². The van der Waals surface area contributed by atoms with Crippen molar-refractivity contribution < 1.29 is 18.4 Å². The van der Waals surface area contributed by atoms with Gasteiger partial charge in [0.25, 0.3) is 0 Å². The van der Waals surface area contributed by atoms with E-state index in [-0.39, 0.29) is 0 Å². The van der Waals surface area contributed by atoms with Gasteiger partial charge in [0, 0.05) is 6.42 Å². The molecule has 0 aromatic heterocycles. The van der Waals surface area contributed by atoms with Crippen molar-refractivity contribution in [2.75, 3.05) is 19.4 Å². The van der Waals surface area contributed by atoms with Crippen molar-refractivity contribution in [1.82, 2.24) is 0 Å². The van der Waals surface area contributed by atoms with Crippen molar-refractivity contribution in [3.8, 4) is 0 Å². The molecule has 84 valence electrons. The summed E-state index contributed by atoms with van der Waals surface area (Å²) in [4.78, 5) is 10.0. The van der Waals surface area contributed by atoms with Crippen LogP contribution >= 0.6 is 7.60 Å². The van der Waals surface area contributed by atoms with E-state index in [4.69, 9.17) is 9.05 Å². The van der Waals surface area contributed by atoms with Crippen molar-refractivity contribution in [1.29, 1.82) is 0 Å². The van der Waals surface area contributed by atoms with Gasteiger partial charge in [-0.2, -0.15) is 0 Å². The van der Waals surface area contributed by atoms with Gasteiger partial charge < -0.3 is 13.8 Å². The largest absolute Gasteiger partial charge is 0.330 e. The molecule has 0 bridgehead atoms. The molecule has 0 heterocycles. The summed E-state index contributed by atoms with van der Waals surface area (Å²) in [6.07, 6.45) is 3.23. The molecule has 0 unspecified atom stereocenters. The molecule has 5 heteroatoms. The second-order valence-electron chi connectivity index (χ2n) is 2.83. The zero-order valence-corrected chi connectivity index (χ0v) is 9.79. The molecule has 0 aromatic carbocycles. The van der Waals surface area contributed by atoms with Crippen LogP contribution in [0.25, 0.3) is 0 Å². The first kappa shape index (κ1) is 13.8. The predicted octanol–water partition coefficient (Wildman–Crippen LogP) is 2.62. The van der Waals surface area contributed by atoms with Crippen LogP contribution in [-0.4, -0.2) is 25.7 Å². The zero-order chi connectivity index (χ0) is 10.9. The highest BCUT2D eigenvalue weighted by Gasteiger charge is 2.22. The van der Waals surface area contributed by atoms with Crippen molar-refractivity contribution in [3.63, 3.8) is 0 Å². The van der Waals surface area contributed by atoms with Gasteiger partial charge in [-0.05, 0) is 26.7 Å². The van der Waals surface area contributed by atoms with E-state index >= 15 is 0 Å². The van der Waals surface area contributed by atoms with Crippen LogP contribution in [0.3, 0.4) is 0 Å². The van der Waals surface area contributed by atoms with Crippen molar-refractivity contribution >= 4 is 13.9 Å². The summed E-state index contributed by atoms with van der Waals surface area (Å²) in [5.41, 5.74) is 0. The summed E-state index contributed by atoms with van der Waals surface area (Å²) in [6.45, 7) is 4.37. The van der Waals surface area contributed by atoms with Crippen LogP contribution in [0.5, 0.6) is 0 Å². The lowest BCUT2D eigenvalue weighted by Crippen LogP contribution is -2.00. The average molecular weight is 222 g/mol. The highest BCUT2D eigenvalue weighted by Crippen LogP contribution is 2.48. The average Bonchev–Trinajstić information content (AvgIpc) is 2.13. The van der Waals surface area contributed by atoms with Gasteiger partial charge in [0.1, 0.15) is 6.29 Å². The van der Waals surface area contributed by atoms with E-state index in [2.05, 4.69) is 0 Å². The first-order valence-electron chi connectivity index (χ1n) is 5.00.